The zero-order chi connectivity index (χ0) is 8.58. The minimum Gasteiger partial charge on any atom is -0.412 e. The summed E-state index contributed by atoms with van der Waals surface area (Å²) in [6.07, 6.45) is 0. The van der Waals surface area contributed by atoms with Crippen LogP contribution in [0.3, 0.4) is 0 Å². The molecule has 0 aromatic carbocycles. The largest absolute Gasteiger partial charge is 0.412 e. The lowest BCUT2D eigenvalue weighted by Gasteiger charge is -2.01. The maximum atomic E-state index is 9.99. The van der Waals surface area contributed by atoms with Gasteiger partial charge in [-0.25, -0.2) is 0 Å². The van der Waals surface area contributed by atoms with Gasteiger partial charge in [0.05, 0.1) is 0 Å². The highest BCUT2D eigenvalue weighted by atomic mass is 32.3. The van der Waals surface area contributed by atoms with Crippen LogP contribution in [0.2, 0.25) is 0 Å². The Balaban J connectivity index is 0. The Morgan fingerprint density at radius 3 is 1.18 bits per heavy atom. The van der Waals surface area contributed by atoms with Crippen LogP contribution in [0.1, 0.15) is 6.92 Å². The van der Waals surface area contributed by atoms with Crippen molar-refractivity contribution in [3.63, 3.8) is 0 Å². The topological polar surface area (TPSA) is 140 Å². The van der Waals surface area contributed by atoms with Crippen LogP contribution in [0, 0.1) is 0 Å². The molecule has 0 saturated carbocycles. The molecule has 9 heteroatoms. The molecule has 0 fully saturated rings. The molecule has 0 saturated heterocycles. The van der Waals surface area contributed by atoms with Gasteiger partial charge in [0, 0.05) is 0 Å². The van der Waals surface area contributed by atoms with E-state index in [2.05, 4.69) is 0 Å². The molecule has 4 N–H and O–H groups in total. The molecule has 0 bridgehead atoms. The van der Waals surface area contributed by atoms with Gasteiger partial charge in [0.15, 0.2) is 0 Å². The summed E-state index contributed by atoms with van der Waals surface area (Å²) in [7, 11) is -9.40. The summed E-state index contributed by atoms with van der Waals surface area (Å²) in [6, 6.07) is 0. The van der Waals surface area contributed by atoms with Crippen LogP contribution in [-0.2, 0) is 20.2 Å². The van der Waals surface area contributed by atoms with Crippen LogP contribution in [0.4, 0.5) is 0 Å². The van der Waals surface area contributed by atoms with E-state index in [0.29, 0.717) is 6.92 Å². The fourth-order valence-electron chi connectivity index (χ4n) is 0.154. The summed E-state index contributed by atoms with van der Waals surface area (Å²) in [6.45, 7) is 0.657. The Morgan fingerprint density at radius 1 is 1.00 bits per heavy atom. The smallest absolute Gasteiger partial charge is 0.284 e. The summed E-state index contributed by atoms with van der Waals surface area (Å²) in [5.74, 6) is 0. The third kappa shape index (κ3) is 4.27. The second-order valence-corrected chi connectivity index (χ2v) is 5.37. The molecule has 0 amide bonds. The highest BCUT2D eigenvalue weighted by Gasteiger charge is 2.29. The average Bonchev–Trinajstić information content (AvgIpc) is 1.59. The van der Waals surface area contributed by atoms with E-state index < -0.39 is 24.8 Å². The van der Waals surface area contributed by atoms with Gasteiger partial charge in [0.2, 0.25) is 4.58 Å². The Kier molecular flexibility index (Phi) is 4.20. The standard InChI is InChI=1S/C2H6O6S2.H2O/c1-2(9(3,4)5)10(6,7)8;/h2H,1H3,(H,3,4,5)(H,6,7,8);1H2. The Bertz CT molecular complexity index is 263. The molecule has 0 aliphatic heterocycles. The van der Waals surface area contributed by atoms with Crippen molar-refractivity contribution in [1.82, 2.24) is 0 Å². The molecule has 0 unspecified atom stereocenters. The Hall–Kier alpha value is -0.220. The molecule has 0 atom stereocenters. The van der Waals surface area contributed by atoms with Crippen molar-refractivity contribution in [3.8, 4) is 0 Å². The molecule has 0 aromatic rings. The summed E-state index contributed by atoms with van der Waals surface area (Å²) in [5, 5.41) is 0. The van der Waals surface area contributed by atoms with Crippen molar-refractivity contribution in [2.45, 2.75) is 11.5 Å². The van der Waals surface area contributed by atoms with E-state index in [4.69, 9.17) is 9.11 Å². The number of hydrogen-bond donors (Lipinski definition) is 2. The first kappa shape index (κ1) is 13.4. The van der Waals surface area contributed by atoms with Gasteiger partial charge >= 0.3 is 0 Å². The van der Waals surface area contributed by atoms with Crippen molar-refractivity contribution in [2.75, 3.05) is 0 Å². The van der Waals surface area contributed by atoms with Crippen LogP contribution in [0.25, 0.3) is 0 Å². The third-order valence-corrected chi connectivity index (χ3v) is 3.98. The summed E-state index contributed by atoms with van der Waals surface area (Å²) in [5.41, 5.74) is 0. The first-order chi connectivity index (χ1) is 4.15. The molecule has 0 heterocycles. The van der Waals surface area contributed by atoms with Gasteiger partial charge in [0.1, 0.15) is 0 Å². The highest BCUT2D eigenvalue weighted by molar-refractivity contribution is 8.03. The van der Waals surface area contributed by atoms with Crippen molar-refractivity contribution >= 4 is 20.2 Å². The predicted molar refractivity (Wildman–Crippen MR) is 36.2 cm³/mol. The Labute approximate surface area is 63.8 Å². The van der Waals surface area contributed by atoms with Gasteiger partial charge < -0.3 is 5.48 Å². The van der Waals surface area contributed by atoms with E-state index in [1.165, 1.54) is 0 Å². The molecule has 0 aromatic heterocycles. The normalized spacial score (nSPS) is 12.7. The second-order valence-electron chi connectivity index (χ2n) is 1.60. The average molecular weight is 208 g/mol. The Morgan fingerprint density at radius 2 is 1.18 bits per heavy atom. The monoisotopic (exact) mass is 208 g/mol. The van der Waals surface area contributed by atoms with E-state index in [0.717, 1.165) is 0 Å². The zero-order valence-electron chi connectivity index (χ0n) is 5.42. The van der Waals surface area contributed by atoms with E-state index in [-0.39, 0.29) is 5.48 Å². The first-order valence-corrected chi connectivity index (χ1v) is 5.09. The van der Waals surface area contributed by atoms with Gasteiger partial charge in [-0.2, -0.15) is 16.8 Å². The first-order valence-electron chi connectivity index (χ1n) is 2.08. The maximum absolute atomic E-state index is 9.99. The van der Waals surface area contributed by atoms with Crippen molar-refractivity contribution < 1.29 is 31.4 Å². The highest BCUT2D eigenvalue weighted by Crippen LogP contribution is 2.03. The number of hydrogen-bond acceptors (Lipinski definition) is 4. The summed E-state index contributed by atoms with van der Waals surface area (Å²) in [4.78, 5) is 0. The molecule has 11 heavy (non-hydrogen) atoms. The minimum atomic E-state index is -4.70. The van der Waals surface area contributed by atoms with Gasteiger partial charge in [-0.05, 0) is 6.92 Å². The molecule has 0 spiro atoms. The van der Waals surface area contributed by atoms with Gasteiger partial charge in [-0.1, -0.05) is 0 Å². The molecular weight excluding hydrogens is 200 g/mol. The number of rotatable bonds is 2. The van der Waals surface area contributed by atoms with Gasteiger partial charge in [-0.3, -0.25) is 9.11 Å². The van der Waals surface area contributed by atoms with E-state index in [9.17, 15) is 16.8 Å². The van der Waals surface area contributed by atoms with Crippen LogP contribution in [-0.4, -0.2) is 36.0 Å². The SMILES string of the molecule is CC(S(=O)(=O)O)S(=O)(=O)O.O. The van der Waals surface area contributed by atoms with Crippen LogP contribution in [0.5, 0.6) is 0 Å². The lowest BCUT2D eigenvalue weighted by molar-refractivity contribution is 0.458. The lowest BCUT2D eigenvalue weighted by Crippen LogP contribution is -2.25. The predicted octanol–water partition coefficient (Wildman–Crippen LogP) is -1.72. The fourth-order valence-corrected chi connectivity index (χ4v) is 1.38. The van der Waals surface area contributed by atoms with Crippen LogP contribution in [0.15, 0.2) is 0 Å². The van der Waals surface area contributed by atoms with Gasteiger partial charge in [0.25, 0.3) is 20.2 Å². The van der Waals surface area contributed by atoms with Gasteiger partial charge in [-0.15, -0.1) is 0 Å². The molecule has 70 valence electrons. The van der Waals surface area contributed by atoms with E-state index >= 15 is 0 Å². The van der Waals surface area contributed by atoms with E-state index in [1.807, 2.05) is 0 Å². The quantitative estimate of drug-likeness (QED) is 0.517. The molecule has 0 radical (unpaired) electrons. The van der Waals surface area contributed by atoms with Crippen molar-refractivity contribution in [2.24, 2.45) is 0 Å². The third-order valence-electron chi connectivity index (χ3n) is 0.839. The van der Waals surface area contributed by atoms with Crippen molar-refractivity contribution in [1.29, 1.82) is 0 Å². The lowest BCUT2D eigenvalue weighted by atomic mass is 11.0. The summed E-state index contributed by atoms with van der Waals surface area (Å²) < 4.78 is 53.9. The molecule has 0 aliphatic carbocycles. The minimum absolute atomic E-state index is 0. The fraction of sp³-hybridized carbons (Fsp3) is 1.00. The maximum Gasteiger partial charge on any atom is 0.284 e. The molecule has 0 rings (SSSR count). The van der Waals surface area contributed by atoms with Crippen LogP contribution < -0.4 is 0 Å². The van der Waals surface area contributed by atoms with E-state index in [1.54, 1.807) is 0 Å². The second kappa shape index (κ2) is 3.45. The summed E-state index contributed by atoms with van der Waals surface area (Å²) >= 11 is 0. The molecule has 0 aliphatic rings. The molecular formula is C2H8O7S2. The zero-order valence-corrected chi connectivity index (χ0v) is 7.05. The van der Waals surface area contributed by atoms with Crippen LogP contribution >= 0.6 is 0 Å². The molecule has 7 nitrogen and oxygen atoms in total. The van der Waals surface area contributed by atoms with Crippen molar-refractivity contribution in [3.05, 3.63) is 0 Å².